The van der Waals surface area contributed by atoms with E-state index in [-0.39, 0.29) is 17.3 Å². The Morgan fingerprint density at radius 1 is 1.43 bits per heavy atom. The van der Waals surface area contributed by atoms with Crippen LogP contribution in [0.2, 0.25) is 0 Å². The highest BCUT2D eigenvalue weighted by atomic mass is 16.6. The third-order valence-electron chi connectivity index (χ3n) is 3.61. The van der Waals surface area contributed by atoms with Gasteiger partial charge in [-0.15, -0.1) is 0 Å². The predicted molar refractivity (Wildman–Crippen MR) is 82.1 cm³/mol. The van der Waals surface area contributed by atoms with Gasteiger partial charge in [-0.3, -0.25) is 10.1 Å². The van der Waals surface area contributed by atoms with Gasteiger partial charge in [-0.1, -0.05) is 20.3 Å². The van der Waals surface area contributed by atoms with Crippen LogP contribution in [-0.2, 0) is 0 Å². The molecular formula is C15H22N2O4. The lowest BCUT2D eigenvalue weighted by molar-refractivity contribution is -0.385. The molecule has 21 heavy (non-hydrogen) atoms. The number of benzene rings is 1. The second-order valence-electron chi connectivity index (χ2n) is 5.07. The highest BCUT2D eigenvalue weighted by Crippen LogP contribution is 2.27. The van der Waals surface area contributed by atoms with Crippen molar-refractivity contribution in [1.82, 2.24) is 0 Å². The molecule has 0 fully saturated rings. The van der Waals surface area contributed by atoms with Gasteiger partial charge in [0.25, 0.3) is 5.69 Å². The van der Waals surface area contributed by atoms with Crippen molar-refractivity contribution in [2.45, 2.75) is 46.1 Å². The first-order valence-electron chi connectivity index (χ1n) is 7.20. The molecule has 0 spiro atoms. The molecule has 6 nitrogen and oxygen atoms in total. The van der Waals surface area contributed by atoms with E-state index in [1.807, 2.05) is 0 Å². The van der Waals surface area contributed by atoms with E-state index in [1.54, 1.807) is 6.07 Å². The minimum atomic E-state index is -1.27. The number of carboxylic acid groups (broad SMARTS) is 1. The van der Waals surface area contributed by atoms with Crippen molar-refractivity contribution in [3.8, 4) is 0 Å². The molecule has 0 aromatic heterocycles. The van der Waals surface area contributed by atoms with Gasteiger partial charge in [-0.05, 0) is 31.9 Å². The average Bonchev–Trinajstić information content (AvgIpc) is 2.46. The molecule has 0 heterocycles. The number of hydrogen-bond acceptors (Lipinski definition) is 4. The van der Waals surface area contributed by atoms with Gasteiger partial charge in [-0.2, -0.15) is 0 Å². The number of nitro benzene ring substituents is 1. The smallest absolute Gasteiger partial charge is 0.342 e. The number of carboxylic acids is 1. The van der Waals surface area contributed by atoms with Crippen LogP contribution < -0.4 is 4.90 Å². The molecule has 0 aliphatic rings. The Hall–Kier alpha value is -2.11. The van der Waals surface area contributed by atoms with Gasteiger partial charge in [0.15, 0.2) is 0 Å². The fraction of sp³-hybridized carbons (Fsp3) is 0.533. The van der Waals surface area contributed by atoms with Crippen LogP contribution in [0.25, 0.3) is 0 Å². The molecule has 1 aromatic carbocycles. The number of rotatable bonds is 8. The van der Waals surface area contributed by atoms with E-state index in [4.69, 9.17) is 5.11 Å². The number of hydrogen-bond donors (Lipinski definition) is 1. The minimum Gasteiger partial charge on any atom is -0.477 e. The van der Waals surface area contributed by atoms with Gasteiger partial charge in [0.1, 0.15) is 5.56 Å². The van der Waals surface area contributed by atoms with Crippen LogP contribution >= 0.6 is 0 Å². The summed E-state index contributed by atoms with van der Waals surface area (Å²) in [6, 6.07) is 4.56. The Kier molecular flexibility index (Phi) is 6.14. The summed E-state index contributed by atoms with van der Waals surface area (Å²) in [7, 11) is 0. The number of nitro groups is 1. The van der Waals surface area contributed by atoms with Crippen LogP contribution in [0.3, 0.4) is 0 Å². The quantitative estimate of drug-likeness (QED) is 0.583. The van der Waals surface area contributed by atoms with Gasteiger partial charge in [-0.25, -0.2) is 4.79 Å². The van der Waals surface area contributed by atoms with E-state index in [0.717, 1.165) is 31.5 Å². The van der Waals surface area contributed by atoms with Crippen LogP contribution in [0.15, 0.2) is 18.2 Å². The minimum absolute atomic E-state index is 0.250. The maximum absolute atomic E-state index is 11.2. The molecule has 6 heteroatoms. The summed E-state index contributed by atoms with van der Waals surface area (Å²) >= 11 is 0. The molecule has 1 atom stereocenters. The van der Waals surface area contributed by atoms with E-state index in [1.165, 1.54) is 12.1 Å². The standard InChI is InChI=1S/C15H22N2O4/c1-4-6-9-16(11(3)5-2)12-7-8-14(17(20)21)13(10-12)15(18)19/h7-8,10-11H,4-6,9H2,1-3H3,(H,18,19). The normalized spacial score (nSPS) is 12.0. The molecule has 0 saturated carbocycles. The van der Waals surface area contributed by atoms with Crippen molar-refractivity contribution < 1.29 is 14.8 Å². The first-order valence-corrected chi connectivity index (χ1v) is 7.20. The van der Waals surface area contributed by atoms with Crippen LogP contribution in [0.5, 0.6) is 0 Å². The van der Waals surface area contributed by atoms with Crippen LogP contribution in [0, 0.1) is 10.1 Å². The van der Waals surface area contributed by atoms with Crippen molar-refractivity contribution in [1.29, 1.82) is 0 Å². The van der Waals surface area contributed by atoms with Gasteiger partial charge < -0.3 is 10.0 Å². The van der Waals surface area contributed by atoms with E-state index < -0.39 is 10.9 Å². The molecule has 0 aliphatic carbocycles. The van der Waals surface area contributed by atoms with Gasteiger partial charge >= 0.3 is 5.97 Å². The second kappa shape index (κ2) is 7.61. The van der Waals surface area contributed by atoms with Crippen molar-refractivity contribution in [2.75, 3.05) is 11.4 Å². The number of anilines is 1. The molecule has 0 aliphatic heterocycles. The molecule has 1 unspecified atom stereocenters. The highest BCUT2D eigenvalue weighted by Gasteiger charge is 2.22. The summed E-state index contributed by atoms with van der Waals surface area (Å²) < 4.78 is 0. The monoisotopic (exact) mass is 294 g/mol. The predicted octanol–water partition coefficient (Wildman–Crippen LogP) is 3.70. The fourth-order valence-corrected chi connectivity index (χ4v) is 2.19. The zero-order valence-corrected chi connectivity index (χ0v) is 12.7. The molecular weight excluding hydrogens is 272 g/mol. The summed E-state index contributed by atoms with van der Waals surface area (Å²) in [5.74, 6) is -1.27. The van der Waals surface area contributed by atoms with Crippen molar-refractivity contribution in [3.05, 3.63) is 33.9 Å². The maximum atomic E-state index is 11.2. The molecule has 0 bridgehead atoms. The number of aromatic carboxylic acids is 1. The molecule has 0 radical (unpaired) electrons. The van der Waals surface area contributed by atoms with E-state index in [2.05, 4.69) is 25.7 Å². The van der Waals surface area contributed by atoms with E-state index >= 15 is 0 Å². The SMILES string of the molecule is CCCCN(c1ccc([N+](=O)[O-])c(C(=O)O)c1)C(C)CC. The van der Waals surface area contributed by atoms with E-state index in [9.17, 15) is 14.9 Å². The Bertz CT molecular complexity index is 516. The third-order valence-corrected chi connectivity index (χ3v) is 3.61. The summed E-state index contributed by atoms with van der Waals surface area (Å²) in [5.41, 5.74) is 0.0916. The summed E-state index contributed by atoms with van der Waals surface area (Å²) in [4.78, 5) is 23.6. The molecule has 0 amide bonds. The van der Waals surface area contributed by atoms with Crippen molar-refractivity contribution >= 4 is 17.3 Å². The number of carbonyl (C=O) groups is 1. The Balaban J connectivity index is 3.23. The lowest BCUT2D eigenvalue weighted by Gasteiger charge is -2.31. The number of unbranched alkanes of at least 4 members (excludes halogenated alkanes) is 1. The number of nitrogens with zero attached hydrogens (tertiary/aromatic N) is 2. The van der Waals surface area contributed by atoms with Crippen LogP contribution in [-0.4, -0.2) is 28.6 Å². The average molecular weight is 294 g/mol. The topological polar surface area (TPSA) is 83.7 Å². The van der Waals surface area contributed by atoms with Gasteiger partial charge in [0, 0.05) is 24.3 Å². The largest absolute Gasteiger partial charge is 0.477 e. The summed E-state index contributed by atoms with van der Waals surface area (Å²) in [6.07, 6.45) is 2.94. The van der Waals surface area contributed by atoms with Gasteiger partial charge in [0.05, 0.1) is 4.92 Å². The first kappa shape index (κ1) is 16.9. The molecule has 116 valence electrons. The van der Waals surface area contributed by atoms with E-state index in [0.29, 0.717) is 0 Å². The second-order valence-corrected chi connectivity index (χ2v) is 5.07. The molecule has 1 rings (SSSR count). The highest BCUT2D eigenvalue weighted by molar-refractivity contribution is 5.93. The third kappa shape index (κ3) is 4.18. The Morgan fingerprint density at radius 2 is 2.10 bits per heavy atom. The van der Waals surface area contributed by atoms with Crippen LogP contribution in [0.1, 0.15) is 50.4 Å². The summed E-state index contributed by atoms with van der Waals surface area (Å²) in [5, 5.41) is 20.1. The Morgan fingerprint density at radius 3 is 2.57 bits per heavy atom. The van der Waals surface area contributed by atoms with Crippen molar-refractivity contribution in [2.24, 2.45) is 0 Å². The zero-order valence-electron chi connectivity index (χ0n) is 12.7. The lowest BCUT2D eigenvalue weighted by Crippen LogP contribution is -2.33. The fourth-order valence-electron chi connectivity index (χ4n) is 2.19. The van der Waals surface area contributed by atoms with Gasteiger partial charge in [0.2, 0.25) is 0 Å². The molecule has 1 aromatic rings. The van der Waals surface area contributed by atoms with Crippen molar-refractivity contribution in [3.63, 3.8) is 0 Å². The Labute approximate surface area is 124 Å². The first-order chi connectivity index (χ1) is 9.92. The maximum Gasteiger partial charge on any atom is 0.342 e. The van der Waals surface area contributed by atoms with Crippen LogP contribution in [0.4, 0.5) is 11.4 Å². The lowest BCUT2D eigenvalue weighted by atomic mass is 10.1. The summed E-state index contributed by atoms with van der Waals surface area (Å²) in [6.45, 7) is 7.03. The molecule has 0 saturated heterocycles. The zero-order chi connectivity index (χ0) is 16.0. The molecule has 1 N–H and O–H groups in total.